The molecule has 2 atom stereocenters. The van der Waals surface area contributed by atoms with E-state index in [0.717, 1.165) is 25.8 Å². The SMILES string of the molecule is CC(C)CC(C)(O)CNCC1CCC(C)(C)O1. The van der Waals surface area contributed by atoms with Crippen molar-refractivity contribution in [2.24, 2.45) is 5.92 Å². The summed E-state index contributed by atoms with van der Waals surface area (Å²) in [7, 11) is 0. The molecule has 1 heterocycles. The Morgan fingerprint density at radius 3 is 2.59 bits per heavy atom. The number of rotatable bonds is 6. The van der Waals surface area contributed by atoms with Gasteiger partial charge in [-0.2, -0.15) is 0 Å². The molecular weight excluding hydrogens is 214 g/mol. The fourth-order valence-electron chi connectivity index (χ4n) is 2.68. The average molecular weight is 243 g/mol. The molecule has 1 rings (SSSR count). The van der Waals surface area contributed by atoms with Gasteiger partial charge in [-0.25, -0.2) is 0 Å². The lowest BCUT2D eigenvalue weighted by Gasteiger charge is -2.27. The van der Waals surface area contributed by atoms with E-state index in [-0.39, 0.29) is 5.60 Å². The van der Waals surface area contributed by atoms with Crippen LogP contribution in [0.1, 0.15) is 53.9 Å². The normalized spacial score (nSPS) is 27.4. The third-order valence-electron chi connectivity index (χ3n) is 3.28. The van der Waals surface area contributed by atoms with Crippen molar-refractivity contribution in [3.05, 3.63) is 0 Å². The molecule has 2 N–H and O–H groups in total. The van der Waals surface area contributed by atoms with E-state index in [1.54, 1.807) is 0 Å². The van der Waals surface area contributed by atoms with Crippen molar-refractivity contribution < 1.29 is 9.84 Å². The molecule has 102 valence electrons. The Bertz CT molecular complexity index is 236. The number of aliphatic hydroxyl groups is 1. The van der Waals surface area contributed by atoms with Gasteiger partial charge in [0, 0.05) is 13.1 Å². The molecular formula is C14H29NO2. The molecule has 1 saturated heterocycles. The second-order valence-electron chi connectivity index (χ2n) is 6.76. The fraction of sp³-hybridized carbons (Fsp3) is 1.00. The standard InChI is InChI=1S/C14H29NO2/c1-11(2)8-14(5,16)10-15-9-12-6-7-13(3,4)17-12/h11-12,15-16H,6-10H2,1-5H3. The maximum atomic E-state index is 10.2. The first-order valence-electron chi connectivity index (χ1n) is 6.81. The molecule has 0 aromatic carbocycles. The third-order valence-corrected chi connectivity index (χ3v) is 3.28. The number of nitrogens with one attached hydrogen (secondary N) is 1. The van der Waals surface area contributed by atoms with Crippen molar-refractivity contribution in [1.29, 1.82) is 0 Å². The Hall–Kier alpha value is -0.120. The highest BCUT2D eigenvalue weighted by Gasteiger charge is 2.31. The molecule has 0 aromatic rings. The Kier molecular flexibility index (Phi) is 4.99. The number of hydrogen-bond donors (Lipinski definition) is 2. The zero-order valence-electron chi connectivity index (χ0n) is 12.0. The van der Waals surface area contributed by atoms with Crippen LogP contribution in [0.4, 0.5) is 0 Å². The van der Waals surface area contributed by atoms with Crippen molar-refractivity contribution in [1.82, 2.24) is 5.32 Å². The van der Waals surface area contributed by atoms with Crippen LogP contribution in [0.15, 0.2) is 0 Å². The van der Waals surface area contributed by atoms with Gasteiger partial charge < -0.3 is 15.2 Å². The minimum Gasteiger partial charge on any atom is -0.389 e. The summed E-state index contributed by atoms with van der Waals surface area (Å²) < 4.78 is 5.90. The summed E-state index contributed by atoms with van der Waals surface area (Å²) in [6.45, 7) is 11.9. The van der Waals surface area contributed by atoms with Crippen LogP contribution in [0.2, 0.25) is 0 Å². The number of hydrogen-bond acceptors (Lipinski definition) is 3. The lowest BCUT2D eigenvalue weighted by atomic mass is 9.94. The van der Waals surface area contributed by atoms with E-state index < -0.39 is 5.60 Å². The topological polar surface area (TPSA) is 41.5 Å². The van der Waals surface area contributed by atoms with Gasteiger partial charge >= 0.3 is 0 Å². The van der Waals surface area contributed by atoms with E-state index in [1.165, 1.54) is 0 Å². The Morgan fingerprint density at radius 1 is 1.47 bits per heavy atom. The van der Waals surface area contributed by atoms with E-state index in [1.807, 2.05) is 6.92 Å². The molecule has 1 fully saturated rings. The lowest BCUT2D eigenvalue weighted by Crippen LogP contribution is -2.41. The molecule has 3 nitrogen and oxygen atoms in total. The molecule has 0 saturated carbocycles. The molecule has 0 aromatic heterocycles. The first-order chi connectivity index (χ1) is 7.70. The van der Waals surface area contributed by atoms with Crippen LogP contribution in [-0.2, 0) is 4.74 Å². The Balaban J connectivity index is 2.20. The van der Waals surface area contributed by atoms with Gasteiger partial charge in [-0.1, -0.05) is 13.8 Å². The van der Waals surface area contributed by atoms with Crippen LogP contribution in [0.3, 0.4) is 0 Å². The van der Waals surface area contributed by atoms with Crippen molar-refractivity contribution in [3.8, 4) is 0 Å². The highest BCUT2D eigenvalue weighted by atomic mass is 16.5. The maximum absolute atomic E-state index is 10.2. The lowest BCUT2D eigenvalue weighted by molar-refractivity contribution is -0.0183. The van der Waals surface area contributed by atoms with Crippen LogP contribution in [-0.4, -0.2) is 35.5 Å². The molecule has 0 aliphatic carbocycles. The van der Waals surface area contributed by atoms with Crippen LogP contribution >= 0.6 is 0 Å². The summed E-state index contributed by atoms with van der Waals surface area (Å²) in [5.74, 6) is 0.522. The van der Waals surface area contributed by atoms with Crippen LogP contribution in [0, 0.1) is 5.92 Å². The van der Waals surface area contributed by atoms with Crippen molar-refractivity contribution in [3.63, 3.8) is 0 Å². The van der Waals surface area contributed by atoms with Gasteiger partial charge in [0.2, 0.25) is 0 Å². The minimum absolute atomic E-state index is 0.0345. The number of ether oxygens (including phenoxy) is 1. The molecule has 0 radical (unpaired) electrons. The molecule has 0 amide bonds. The zero-order chi connectivity index (χ0) is 13.1. The van der Waals surface area contributed by atoms with Gasteiger partial charge in [-0.15, -0.1) is 0 Å². The van der Waals surface area contributed by atoms with E-state index >= 15 is 0 Å². The second-order valence-corrected chi connectivity index (χ2v) is 6.76. The van der Waals surface area contributed by atoms with Crippen molar-refractivity contribution >= 4 is 0 Å². The van der Waals surface area contributed by atoms with Gasteiger partial charge in [0.15, 0.2) is 0 Å². The highest BCUT2D eigenvalue weighted by Crippen LogP contribution is 2.28. The van der Waals surface area contributed by atoms with Gasteiger partial charge in [0.1, 0.15) is 0 Å². The van der Waals surface area contributed by atoms with Gasteiger partial charge in [0.25, 0.3) is 0 Å². The maximum Gasteiger partial charge on any atom is 0.0746 e. The van der Waals surface area contributed by atoms with Gasteiger partial charge in [-0.05, 0) is 46.0 Å². The Labute approximate surface area is 106 Å². The van der Waals surface area contributed by atoms with Crippen LogP contribution in [0.5, 0.6) is 0 Å². The molecule has 0 spiro atoms. The third kappa shape index (κ3) is 5.84. The summed E-state index contributed by atoms with van der Waals surface area (Å²) >= 11 is 0. The minimum atomic E-state index is -0.609. The fourth-order valence-corrected chi connectivity index (χ4v) is 2.68. The molecule has 17 heavy (non-hydrogen) atoms. The van der Waals surface area contributed by atoms with Crippen molar-refractivity contribution in [2.75, 3.05) is 13.1 Å². The van der Waals surface area contributed by atoms with Gasteiger partial charge in [-0.3, -0.25) is 0 Å². The van der Waals surface area contributed by atoms with E-state index in [9.17, 15) is 5.11 Å². The molecule has 3 heteroatoms. The van der Waals surface area contributed by atoms with Crippen molar-refractivity contribution in [2.45, 2.75) is 71.2 Å². The molecule has 1 aliphatic rings. The quantitative estimate of drug-likeness (QED) is 0.752. The first kappa shape index (κ1) is 14.9. The van der Waals surface area contributed by atoms with Crippen LogP contribution in [0.25, 0.3) is 0 Å². The molecule has 1 aliphatic heterocycles. The van der Waals surface area contributed by atoms with Gasteiger partial charge in [0.05, 0.1) is 17.3 Å². The zero-order valence-corrected chi connectivity index (χ0v) is 12.0. The smallest absolute Gasteiger partial charge is 0.0746 e. The summed E-state index contributed by atoms with van der Waals surface area (Å²) in [5, 5.41) is 13.5. The largest absolute Gasteiger partial charge is 0.389 e. The summed E-state index contributed by atoms with van der Waals surface area (Å²) in [6, 6.07) is 0. The van der Waals surface area contributed by atoms with E-state index in [2.05, 4.69) is 33.0 Å². The molecule has 0 bridgehead atoms. The predicted molar refractivity (Wildman–Crippen MR) is 71.1 cm³/mol. The summed E-state index contributed by atoms with van der Waals surface area (Å²) in [5.41, 5.74) is -0.574. The highest BCUT2D eigenvalue weighted by molar-refractivity contribution is 4.83. The average Bonchev–Trinajstić information content (AvgIpc) is 2.42. The first-order valence-corrected chi connectivity index (χ1v) is 6.81. The second kappa shape index (κ2) is 5.68. The van der Waals surface area contributed by atoms with E-state index in [0.29, 0.717) is 18.6 Å². The van der Waals surface area contributed by atoms with E-state index in [4.69, 9.17) is 4.74 Å². The monoisotopic (exact) mass is 243 g/mol. The summed E-state index contributed by atoms with van der Waals surface area (Å²) in [4.78, 5) is 0. The predicted octanol–water partition coefficient (Wildman–Crippen LogP) is 2.33. The van der Waals surface area contributed by atoms with Crippen LogP contribution < -0.4 is 5.32 Å². The molecule has 2 unspecified atom stereocenters. The Morgan fingerprint density at radius 2 is 2.12 bits per heavy atom. The summed E-state index contributed by atoms with van der Waals surface area (Å²) in [6.07, 6.45) is 3.38.